The fourth-order valence-electron chi connectivity index (χ4n) is 1.37. The van der Waals surface area contributed by atoms with Crippen molar-refractivity contribution < 1.29 is 4.52 Å². The molecule has 14 heavy (non-hydrogen) atoms. The molecule has 0 saturated heterocycles. The quantitative estimate of drug-likeness (QED) is 0.692. The molecule has 0 aliphatic carbocycles. The van der Waals surface area contributed by atoms with Crippen LogP contribution in [0.15, 0.2) is 0 Å². The van der Waals surface area contributed by atoms with Crippen LogP contribution in [0.3, 0.4) is 0 Å². The van der Waals surface area contributed by atoms with Gasteiger partial charge in [0.05, 0.1) is 18.6 Å². The van der Waals surface area contributed by atoms with Crippen LogP contribution in [0.5, 0.6) is 0 Å². The fourth-order valence-corrected chi connectivity index (χ4v) is 2.05. The minimum absolute atomic E-state index is 0.0444. The van der Waals surface area contributed by atoms with Crippen molar-refractivity contribution in [3.8, 4) is 6.07 Å². The Kier molecular flexibility index (Phi) is 8.52. The monoisotopic (exact) mass is 236 g/mol. The van der Waals surface area contributed by atoms with E-state index in [4.69, 9.17) is 21.0 Å². The van der Waals surface area contributed by atoms with Crippen LogP contribution >= 0.6 is 19.4 Å². The zero-order valence-corrected chi connectivity index (χ0v) is 10.6. The highest BCUT2D eigenvalue weighted by Crippen LogP contribution is 2.23. The summed E-state index contributed by atoms with van der Waals surface area (Å²) in [6.07, 6.45) is 1.19. The van der Waals surface area contributed by atoms with E-state index in [0.29, 0.717) is 18.5 Å². The summed E-state index contributed by atoms with van der Waals surface area (Å²) in [5.74, 6) is 0. The van der Waals surface area contributed by atoms with Gasteiger partial charge in [-0.2, -0.15) is 5.26 Å². The zero-order valence-electron chi connectivity index (χ0n) is 8.88. The van der Waals surface area contributed by atoms with E-state index >= 15 is 0 Å². The van der Waals surface area contributed by atoms with Crippen LogP contribution < -0.4 is 5.32 Å². The van der Waals surface area contributed by atoms with Crippen LogP contribution in [-0.2, 0) is 4.52 Å². The lowest BCUT2D eigenvalue weighted by atomic mass is 10.1. The second kappa shape index (κ2) is 8.44. The van der Waals surface area contributed by atoms with E-state index in [-0.39, 0.29) is 14.3 Å². The number of hydrogen-bond donors (Lipinski definition) is 1. The summed E-state index contributed by atoms with van der Waals surface area (Å²) in [5.41, 5.74) is 0. The second-order valence-electron chi connectivity index (χ2n) is 3.64. The maximum absolute atomic E-state index is 8.57. The molecule has 3 unspecified atom stereocenters. The molecule has 1 N–H and O–H groups in total. The van der Waals surface area contributed by atoms with Gasteiger partial charge in [0.25, 0.3) is 0 Å². The van der Waals surface area contributed by atoms with Crippen molar-refractivity contribution in [1.29, 1.82) is 5.26 Å². The van der Waals surface area contributed by atoms with E-state index in [1.165, 1.54) is 0 Å². The smallest absolute Gasteiger partial charge is 0.110 e. The Morgan fingerprint density at radius 2 is 2.14 bits per heavy atom. The molecule has 0 saturated carbocycles. The highest BCUT2D eigenvalue weighted by Gasteiger charge is 2.13. The first-order valence-corrected chi connectivity index (χ1v) is 6.66. The molecule has 0 bridgehead atoms. The number of nitrogens with zero attached hydrogens (tertiary/aromatic N) is 1. The van der Waals surface area contributed by atoms with Crippen molar-refractivity contribution in [3.63, 3.8) is 0 Å². The van der Waals surface area contributed by atoms with Crippen molar-refractivity contribution in [1.82, 2.24) is 5.32 Å². The van der Waals surface area contributed by atoms with Crippen molar-refractivity contribution >= 4 is 19.4 Å². The third-order valence-electron chi connectivity index (χ3n) is 1.76. The van der Waals surface area contributed by atoms with Gasteiger partial charge in [0.15, 0.2) is 0 Å². The average Bonchev–Trinajstić information content (AvgIpc) is 2.03. The summed E-state index contributed by atoms with van der Waals surface area (Å²) in [6.45, 7) is 6.28. The first-order valence-electron chi connectivity index (χ1n) is 4.74. The predicted octanol–water partition coefficient (Wildman–Crippen LogP) is 2.81. The summed E-state index contributed by atoms with van der Waals surface area (Å²) in [5, 5.41) is 11.9. The lowest BCUT2D eigenvalue weighted by Gasteiger charge is -2.21. The topological polar surface area (TPSA) is 45.0 Å². The van der Waals surface area contributed by atoms with Crippen LogP contribution in [0.1, 0.15) is 33.6 Å². The SMILES string of the molecule is CC(C)NC(C)CC(CC#N)OPCl. The number of halogens is 1. The van der Waals surface area contributed by atoms with Crippen LogP contribution in [0.25, 0.3) is 0 Å². The molecule has 0 amide bonds. The van der Waals surface area contributed by atoms with Crippen LogP contribution in [0.2, 0.25) is 0 Å². The number of nitriles is 1. The Labute approximate surface area is 92.8 Å². The van der Waals surface area contributed by atoms with Crippen LogP contribution in [0, 0.1) is 11.3 Å². The summed E-state index contributed by atoms with van der Waals surface area (Å²) >= 11 is 5.50. The summed E-state index contributed by atoms with van der Waals surface area (Å²) in [4.78, 5) is 0. The summed E-state index contributed by atoms with van der Waals surface area (Å²) < 4.78 is 5.27. The largest absolute Gasteiger partial charge is 0.342 e. The average molecular weight is 237 g/mol. The van der Waals surface area contributed by atoms with Crippen molar-refractivity contribution in [2.45, 2.75) is 51.8 Å². The predicted molar refractivity (Wildman–Crippen MR) is 61.6 cm³/mol. The molecule has 0 rings (SSSR count). The Morgan fingerprint density at radius 3 is 2.57 bits per heavy atom. The normalized spacial score (nSPS) is 16.0. The Balaban J connectivity index is 3.83. The van der Waals surface area contributed by atoms with Gasteiger partial charge < -0.3 is 9.84 Å². The third kappa shape index (κ3) is 7.53. The first kappa shape index (κ1) is 14.1. The minimum Gasteiger partial charge on any atom is -0.342 e. The third-order valence-corrected chi connectivity index (χ3v) is 2.45. The van der Waals surface area contributed by atoms with Crippen LogP contribution in [-0.4, -0.2) is 18.2 Å². The van der Waals surface area contributed by atoms with Gasteiger partial charge in [-0.1, -0.05) is 25.1 Å². The maximum atomic E-state index is 8.57. The molecule has 0 aromatic carbocycles. The van der Waals surface area contributed by atoms with E-state index in [1.807, 2.05) is 0 Å². The molecule has 82 valence electrons. The molecule has 3 nitrogen and oxygen atoms in total. The van der Waals surface area contributed by atoms with E-state index in [0.717, 1.165) is 6.42 Å². The van der Waals surface area contributed by atoms with E-state index in [9.17, 15) is 0 Å². The lowest BCUT2D eigenvalue weighted by molar-refractivity contribution is 0.209. The highest BCUT2D eigenvalue weighted by molar-refractivity contribution is 7.64. The number of hydrogen-bond acceptors (Lipinski definition) is 3. The zero-order chi connectivity index (χ0) is 11.0. The van der Waals surface area contributed by atoms with Gasteiger partial charge >= 0.3 is 0 Å². The van der Waals surface area contributed by atoms with Gasteiger partial charge in [0.2, 0.25) is 0 Å². The number of nitrogens with one attached hydrogen (secondary N) is 1. The molecular weight excluding hydrogens is 219 g/mol. The summed E-state index contributed by atoms with van der Waals surface area (Å²) in [7, 11) is -0.0633. The molecule has 0 radical (unpaired) electrons. The molecule has 3 atom stereocenters. The first-order chi connectivity index (χ1) is 6.60. The molecule has 0 aromatic heterocycles. The van der Waals surface area contributed by atoms with Crippen molar-refractivity contribution in [2.24, 2.45) is 0 Å². The van der Waals surface area contributed by atoms with Gasteiger partial charge in [-0.3, -0.25) is 0 Å². The molecular formula is C9H18ClN2OP. The van der Waals surface area contributed by atoms with Crippen molar-refractivity contribution in [3.05, 3.63) is 0 Å². The van der Waals surface area contributed by atoms with Gasteiger partial charge in [0, 0.05) is 12.1 Å². The molecule has 0 fully saturated rings. The molecule has 0 aliphatic rings. The van der Waals surface area contributed by atoms with Gasteiger partial charge in [-0.15, -0.1) is 0 Å². The van der Waals surface area contributed by atoms with Gasteiger partial charge in [0.1, 0.15) is 8.16 Å². The van der Waals surface area contributed by atoms with Gasteiger partial charge in [-0.25, -0.2) is 0 Å². The van der Waals surface area contributed by atoms with Gasteiger partial charge in [-0.05, 0) is 13.3 Å². The minimum atomic E-state index is -0.0633. The fraction of sp³-hybridized carbons (Fsp3) is 0.889. The molecule has 0 aromatic rings. The molecule has 0 aliphatic heterocycles. The lowest BCUT2D eigenvalue weighted by Crippen LogP contribution is -2.35. The van der Waals surface area contributed by atoms with E-state index in [1.54, 1.807) is 0 Å². The Bertz CT molecular complexity index is 184. The standard InChI is InChI=1S/C9H18ClN2OP/c1-7(2)12-8(3)6-9(4-5-11)13-14-10/h7-9,12,14H,4,6H2,1-3H3. The number of rotatable bonds is 7. The molecule has 0 heterocycles. The summed E-state index contributed by atoms with van der Waals surface area (Å²) in [6, 6.07) is 2.90. The van der Waals surface area contributed by atoms with Crippen LogP contribution in [0.4, 0.5) is 0 Å². The van der Waals surface area contributed by atoms with E-state index < -0.39 is 0 Å². The van der Waals surface area contributed by atoms with E-state index in [2.05, 4.69) is 32.2 Å². The Morgan fingerprint density at radius 1 is 1.50 bits per heavy atom. The Hall–Kier alpha value is 0.130. The van der Waals surface area contributed by atoms with Crippen molar-refractivity contribution in [2.75, 3.05) is 0 Å². The maximum Gasteiger partial charge on any atom is 0.110 e. The second-order valence-corrected chi connectivity index (χ2v) is 4.49. The molecule has 0 spiro atoms. The highest BCUT2D eigenvalue weighted by atomic mass is 35.7. The molecule has 5 heteroatoms.